The van der Waals surface area contributed by atoms with Crippen LogP contribution in [-0.2, 0) is 12.4 Å². The van der Waals surface area contributed by atoms with Gasteiger partial charge in [-0.05, 0) is 24.3 Å². The van der Waals surface area contributed by atoms with E-state index in [1.807, 2.05) is 0 Å². The van der Waals surface area contributed by atoms with E-state index in [9.17, 15) is 26.3 Å². The molecule has 0 amide bonds. The molecule has 23 heavy (non-hydrogen) atoms. The second kappa shape index (κ2) is 6.03. The van der Waals surface area contributed by atoms with Gasteiger partial charge in [-0.25, -0.2) is 4.98 Å². The molecular weight excluding hydrogens is 390 g/mol. The van der Waals surface area contributed by atoms with E-state index in [0.717, 1.165) is 12.1 Å². The van der Waals surface area contributed by atoms with E-state index >= 15 is 0 Å². The molecule has 0 N–H and O–H groups in total. The van der Waals surface area contributed by atoms with Crippen LogP contribution in [0, 0.1) is 0 Å². The fourth-order valence-corrected chi connectivity index (χ4v) is 2.50. The average Bonchev–Trinajstić information content (AvgIpc) is 2.40. The standard InChI is InChI=1S/C13H4Cl3F6N/c14-5-3-6(10(16)8(15)4-5)9-2-1-7(12(17,18)19)11(23-9)13(20,21)22/h1-4H. The Balaban J connectivity index is 2.73. The van der Waals surface area contributed by atoms with Crippen LogP contribution in [0.5, 0.6) is 0 Å². The first-order chi connectivity index (χ1) is 10.4. The summed E-state index contributed by atoms with van der Waals surface area (Å²) in [4.78, 5) is 3.08. The first-order valence-corrected chi connectivity index (χ1v) is 6.85. The van der Waals surface area contributed by atoms with E-state index in [2.05, 4.69) is 4.98 Å². The maximum absolute atomic E-state index is 12.9. The minimum atomic E-state index is -5.30. The van der Waals surface area contributed by atoms with Crippen LogP contribution in [0.1, 0.15) is 11.3 Å². The number of rotatable bonds is 1. The van der Waals surface area contributed by atoms with Crippen LogP contribution in [0.3, 0.4) is 0 Å². The number of aromatic nitrogens is 1. The predicted molar refractivity (Wildman–Crippen MR) is 74.7 cm³/mol. The number of alkyl halides is 6. The summed E-state index contributed by atoms with van der Waals surface area (Å²) in [6.45, 7) is 0. The number of hydrogen-bond donors (Lipinski definition) is 0. The van der Waals surface area contributed by atoms with Crippen LogP contribution < -0.4 is 0 Å². The number of pyridine rings is 1. The van der Waals surface area contributed by atoms with Crippen molar-refractivity contribution in [2.75, 3.05) is 0 Å². The third-order valence-corrected chi connectivity index (χ3v) is 3.76. The highest BCUT2D eigenvalue weighted by molar-refractivity contribution is 6.45. The van der Waals surface area contributed by atoms with Crippen molar-refractivity contribution in [2.45, 2.75) is 12.4 Å². The normalized spacial score (nSPS) is 12.6. The molecule has 0 fully saturated rings. The fourth-order valence-electron chi connectivity index (χ4n) is 1.80. The zero-order valence-electron chi connectivity index (χ0n) is 10.7. The lowest BCUT2D eigenvalue weighted by atomic mass is 10.1. The highest BCUT2D eigenvalue weighted by Gasteiger charge is 2.44. The van der Waals surface area contributed by atoms with Gasteiger partial charge in [0.25, 0.3) is 0 Å². The molecule has 0 unspecified atom stereocenters. The maximum Gasteiger partial charge on any atom is 0.433 e. The van der Waals surface area contributed by atoms with Crippen LogP contribution in [0.2, 0.25) is 15.1 Å². The van der Waals surface area contributed by atoms with Gasteiger partial charge in [0, 0.05) is 10.6 Å². The smallest absolute Gasteiger partial charge is 0.243 e. The number of nitrogens with zero attached hydrogens (tertiary/aromatic N) is 1. The van der Waals surface area contributed by atoms with Crippen molar-refractivity contribution in [1.29, 1.82) is 0 Å². The Bertz CT molecular complexity index is 755. The van der Waals surface area contributed by atoms with Crippen LogP contribution in [0.4, 0.5) is 26.3 Å². The Labute approximate surface area is 140 Å². The Kier molecular flexibility index (Phi) is 4.76. The molecule has 0 aliphatic rings. The average molecular weight is 395 g/mol. The summed E-state index contributed by atoms with van der Waals surface area (Å²) >= 11 is 17.4. The Morgan fingerprint density at radius 2 is 1.43 bits per heavy atom. The van der Waals surface area contributed by atoms with Gasteiger partial charge in [0.15, 0.2) is 5.69 Å². The van der Waals surface area contributed by atoms with Gasteiger partial charge in [-0.2, -0.15) is 26.3 Å². The molecule has 1 aromatic heterocycles. The molecule has 0 saturated heterocycles. The third kappa shape index (κ3) is 3.84. The molecule has 0 atom stereocenters. The molecule has 1 heterocycles. The van der Waals surface area contributed by atoms with Crippen molar-refractivity contribution in [1.82, 2.24) is 4.98 Å². The second-order valence-electron chi connectivity index (χ2n) is 4.34. The predicted octanol–water partition coefficient (Wildman–Crippen LogP) is 6.75. The van der Waals surface area contributed by atoms with Gasteiger partial charge in [0.2, 0.25) is 0 Å². The summed E-state index contributed by atoms with van der Waals surface area (Å²) in [7, 11) is 0. The topological polar surface area (TPSA) is 12.9 Å². The third-order valence-electron chi connectivity index (χ3n) is 2.74. The van der Waals surface area contributed by atoms with Gasteiger partial charge >= 0.3 is 12.4 Å². The molecule has 1 nitrogen and oxygen atoms in total. The van der Waals surface area contributed by atoms with Crippen LogP contribution in [0.25, 0.3) is 11.3 Å². The van der Waals surface area contributed by atoms with E-state index < -0.39 is 29.3 Å². The van der Waals surface area contributed by atoms with E-state index in [1.54, 1.807) is 0 Å². The van der Waals surface area contributed by atoms with Crippen LogP contribution >= 0.6 is 34.8 Å². The first-order valence-electron chi connectivity index (χ1n) is 5.71. The fraction of sp³-hybridized carbons (Fsp3) is 0.154. The maximum atomic E-state index is 12.9. The van der Waals surface area contributed by atoms with Crippen LogP contribution in [0.15, 0.2) is 24.3 Å². The van der Waals surface area contributed by atoms with Crippen molar-refractivity contribution in [3.63, 3.8) is 0 Å². The highest BCUT2D eigenvalue weighted by atomic mass is 35.5. The Hall–Kier alpha value is -1.18. The van der Waals surface area contributed by atoms with Gasteiger partial charge in [0.05, 0.1) is 21.3 Å². The lowest BCUT2D eigenvalue weighted by Gasteiger charge is -2.16. The number of halogens is 9. The first kappa shape index (κ1) is 18.2. The number of hydrogen-bond acceptors (Lipinski definition) is 1. The van der Waals surface area contributed by atoms with Gasteiger partial charge in [-0.1, -0.05) is 34.8 Å². The van der Waals surface area contributed by atoms with Crippen molar-refractivity contribution in [2.24, 2.45) is 0 Å². The monoisotopic (exact) mass is 393 g/mol. The van der Waals surface area contributed by atoms with Gasteiger partial charge < -0.3 is 0 Å². The number of benzene rings is 1. The van der Waals surface area contributed by atoms with Crippen molar-refractivity contribution in [3.8, 4) is 11.3 Å². The molecule has 0 aliphatic carbocycles. The van der Waals surface area contributed by atoms with Crippen molar-refractivity contribution >= 4 is 34.8 Å². The Morgan fingerprint density at radius 1 is 0.826 bits per heavy atom. The second-order valence-corrected chi connectivity index (χ2v) is 5.56. The molecule has 0 spiro atoms. The van der Waals surface area contributed by atoms with Crippen LogP contribution in [-0.4, -0.2) is 4.98 Å². The van der Waals surface area contributed by atoms with E-state index in [4.69, 9.17) is 34.8 Å². The van der Waals surface area contributed by atoms with Crippen molar-refractivity contribution < 1.29 is 26.3 Å². The summed E-state index contributed by atoms with van der Waals surface area (Å²) in [6, 6.07) is 3.46. The minimum absolute atomic E-state index is 0.0460. The molecule has 10 heteroatoms. The molecule has 0 radical (unpaired) electrons. The Morgan fingerprint density at radius 3 is 1.96 bits per heavy atom. The SMILES string of the molecule is FC(F)(F)c1ccc(-c2cc(Cl)cc(Cl)c2Cl)nc1C(F)(F)F. The summed E-state index contributed by atoms with van der Waals surface area (Å²) in [5.74, 6) is 0. The summed E-state index contributed by atoms with van der Waals surface area (Å²) in [5.41, 5.74) is -4.49. The molecule has 0 aliphatic heterocycles. The lowest BCUT2D eigenvalue weighted by molar-refractivity contribution is -0.164. The van der Waals surface area contributed by atoms with E-state index in [1.165, 1.54) is 6.07 Å². The molecule has 124 valence electrons. The van der Waals surface area contributed by atoms with Gasteiger partial charge in [-0.3, -0.25) is 0 Å². The van der Waals surface area contributed by atoms with Crippen molar-refractivity contribution in [3.05, 3.63) is 50.6 Å². The molecule has 2 aromatic rings. The van der Waals surface area contributed by atoms with Gasteiger partial charge in [-0.15, -0.1) is 0 Å². The molecule has 0 saturated carbocycles. The summed E-state index contributed by atoms with van der Waals surface area (Å²) in [5, 5.41) is -0.189. The zero-order chi connectivity index (χ0) is 17.6. The van der Waals surface area contributed by atoms with E-state index in [-0.39, 0.29) is 26.7 Å². The quantitative estimate of drug-likeness (QED) is 0.385. The van der Waals surface area contributed by atoms with Gasteiger partial charge in [0.1, 0.15) is 0 Å². The minimum Gasteiger partial charge on any atom is -0.243 e. The largest absolute Gasteiger partial charge is 0.433 e. The summed E-state index contributed by atoms with van der Waals surface area (Å²) in [6.07, 6.45) is -10.5. The molecular formula is C13H4Cl3F6N. The summed E-state index contributed by atoms with van der Waals surface area (Å²) < 4.78 is 76.8. The lowest BCUT2D eigenvalue weighted by Crippen LogP contribution is -2.18. The molecule has 0 bridgehead atoms. The highest BCUT2D eigenvalue weighted by Crippen LogP contribution is 2.42. The molecule has 2 rings (SSSR count). The molecule has 1 aromatic carbocycles. The van der Waals surface area contributed by atoms with E-state index in [0.29, 0.717) is 0 Å². The zero-order valence-corrected chi connectivity index (χ0v) is 12.9.